The molecule has 29 heavy (non-hydrogen) atoms. The van der Waals surface area contributed by atoms with E-state index in [1.807, 2.05) is 24.3 Å². The quantitative estimate of drug-likeness (QED) is 0.364. The number of benzene rings is 2. The molecule has 4 nitrogen and oxygen atoms in total. The van der Waals surface area contributed by atoms with Gasteiger partial charge in [-0.3, -0.25) is 0 Å². The number of nitrogens with two attached hydrogens (primary N) is 1. The second kappa shape index (κ2) is 6.26. The molecule has 144 valence electrons. The van der Waals surface area contributed by atoms with Crippen LogP contribution in [0.15, 0.2) is 48.5 Å². The number of pyridine rings is 1. The normalized spacial score (nSPS) is 17.3. The lowest BCUT2D eigenvalue weighted by atomic mass is 9.83. The number of fused-ring (bicyclic) bond motifs is 5. The van der Waals surface area contributed by atoms with Gasteiger partial charge in [0.2, 0.25) is 5.88 Å². The van der Waals surface area contributed by atoms with Crippen LogP contribution in [0.4, 0.5) is 5.69 Å². The molecule has 0 amide bonds. The first-order valence-corrected chi connectivity index (χ1v) is 10.4. The van der Waals surface area contributed by atoms with Crippen molar-refractivity contribution in [2.75, 3.05) is 5.73 Å². The van der Waals surface area contributed by atoms with Gasteiger partial charge in [0.25, 0.3) is 0 Å². The number of nitrogen functional groups attached to an aromatic ring is 1. The molecule has 1 unspecified atom stereocenters. The highest BCUT2D eigenvalue weighted by Crippen LogP contribution is 2.52. The second-order valence-corrected chi connectivity index (χ2v) is 8.31. The van der Waals surface area contributed by atoms with E-state index in [1.54, 1.807) is 0 Å². The summed E-state index contributed by atoms with van der Waals surface area (Å²) in [5, 5.41) is 1.78. The van der Waals surface area contributed by atoms with Crippen LogP contribution in [0.25, 0.3) is 10.9 Å². The van der Waals surface area contributed by atoms with E-state index in [0.717, 1.165) is 75.6 Å². The van der Waals surface area contributed by atoms with Crippen LogP contribution < -0.4 is 10.5 Å². The third-order valence-corrected chi connectivity index (χ3v) is 6.44. The molecule has 0 fully saturated rings. The van der Waals surface area contributed by atoms with E-state index >= 15 is 0 Å². The maximum absolute atomic E-state index is 6.77. The lowest BCUT2D eigenvalue weighted by Gasteiger charge is -2.30. The lowest BCUT2D eigenvalue weighted by Crippen LogP contribution is -2.19. The zero-order valence-electron chi connectivity index (χ0n) is 15.8. The number of aromatic amines is 1. The highest BCUT2D eigenvalue weighted by Gasteiger charge is 2.36. The largest absolute Gasteiger partial charge is 0.436 e. The van der Waals surface area contributed by atoms with Crippen LogP contribution >= 0.6 is 11.6 Å². The Kier molecular flexibility index (Phi) is 3.65. The van der Waals surface area contributed by atoms with E-state index in [-0.39, 0.29) is 5.92 Å². The van der Waals surface area contributed by atoms with E-state index in [9.17, 15) is 0 Å². The molecule has 2 aliphatic rings. The summed E-state index contributed by atoms with van der Waals surface area (Å²) in [4.78, 5) is 8.54. The first-order valence-electron chi connectivity index (χ1n) is 10.1. The third-order valence-electron chi connectivity index (χ3n) is 6.19. The number of rotatable bonds is 1. The summed E-state index contributed by atoms with van der Waals surface area (Å²) < 4.78 is 6.40. The standard InChI is InChI=1S/C24H20ClN3O/c25-14-11-9-13(10-12-14)19-20-21(26)15-5-1-3-7-17(15)28-24(20)29-23-16-6-2-4-8-18(16)27-22(19)23/h2,4,6,8-12,19,27H,1,3,5,7H2,(H2,26,28). The minimum atomic E-state index is -0.0712. The lowest BCUT2D eigenvalue weighted by molar-refractivity contribution is 0.433. The highest BCUT2D eigenvalue weighted by molar-refractivity contribution is 6.30. The maximum atomic E-state index is 6.77. The van der Waals surface area contributed by atoms with Crippen molar-refractivity contribution in [3.63, 3.8) is 0 Å². The Morgan fingerprint density at radius 2 is 1.83 bits per heavy atom. The molecule has 6 rings (SSSR count). The van der Waals surface area contributed by atoms with Crippen molar-refractivity contribution in [2.24, 2.45) is 0 Å². The maximum Gasteiger partial charge on any atom is 0.225 e. The monoisotopic (exact) mass is 401 g/mol. The number of H-pyrrole nitrogens is 1. The van der Waals surface area contributed by atoms with Crippen molar-refractivity contribution in [2.45, 2.75) is 31.6 Å². The Morgan fingerprint density at radius 1 is 1.03 bits per heavy atom. The number of ether oxygens (including phenoxy) is 1. The van der Waals surface area contributed by atoms with E-state index < -0.39 is 0 Å². The Labute approximate surface area is 173 Å². The molecule has 0 radical (unpaired) electrons. The van der Waals surface area contributed by atoms with Gasteiger partial charge in [-0.05, 0) is 61.1 Å². The van der Waals surface area contributed by atoms with Crippen molar-refractivity contribution in [1.82, 2.24) is 9.97 Å². The molecule has 1 atom stereocenters. The van der Waals surface area contributed by atoms with Crippen LogP contribution in [0.1, 0.15) is 46.8 Å². The van der Waals surface area contributed by atoms with Gasteiger partial charge >= 0.3 is 0 Å². The van der Waals surface area contributed by atoms with Gasteiger partial charge in [0, 0.05) is 27.3 Å². The predicted molar refractivity (Wildman–Crippen MR) is 116 cm³/mol. The molecule has 3 N–H and O–H groups in total. The fraction of sp³-hybridized carbons (Fsp3) is 0.208. The van der Waals surface area contributed by atoms with Gasteiger partial charge in [-0.1, -0.05) is 35.9 Å². The van der Waals surface area contributed by atoms with Gasteiger partial charge in [-0.2, -0.15) is 0 Å². The second-order valence-electron chi connectivity index (χ2n) is 7.88. The smallest absolute Gasteiger partial charge is 0.225 e. The summed E-state index contributed by atoms with van der Waals surface area (Å²) >= 11 is 6.17. The molecule has 3 heterocycles. The van der Waals surface area contributed by atoms with E-state index in [4.69, 9.17) is 27.1 Å². The summed E-state index contributed by atoms with van der Waals surface area (Å²) in [5.74, 6) is 1.41. The molecule has 1 aliphatic heterocycles. The molecule has 0 spiro atoms. The van der Waals surface area contributed by atoms with E-state index in [1.165, 1.54) is 5.56 Å². The number of aromatic nitrogens is 2. The first kappa shape index (κ1) is 16.9. The summed E-state index contributed by atoms with van der Waals surface area (Å²) in [6, 6.07) is 16.2. The van der Waals surface area contributed by atoms with Crippen molar-refractivity contribution in [1.29, 1.82) is 0 Å². The molecule has 1 aliphatic carbocycles. The SMILES string of the molecule is Nc1c2c(nc3c1C(c1ccc(Cl)cc1)c1[nH]c4ccccc4c1O3)CCCC2. The van der Waals surface area contributed by atoms with Gasteiger partial charge in [0.1, 0.15) is 0 Å². The predicted octanol–water partition coefficient (Wildman–Crippen LogP) is 5.96. The number of para-hydroxylation sites is 1. The Hall–Kier alpha value is -2.98. The number of nitrogens with zero attached hydrogens (tertiary/aromatic N) is 1. The van der Waals surface area contributed by atoms with Gasteiger partial charge in [-0.25, -0.2) is 4.98 Å². The Bertz CT molecular complexity index is 1260. The highest BCUT2D eigenvalue weighted by atomic mass is 35.5. The minimum absolute atomic E-state index is 0.0712. The fourth-order valence-electron chi connectivity index (χ4n) is 4.80. The summed E-state index contributed by atoms with van der Waals surface area (Å²) in [7, 11) is 0. The fourth-order valence-corrected chi connectivity index (χ4v) is 4.93. The van der Waals surface area contributed by atoms with Gasteiger partial charge in [0.15, 0.2) is 5.75 Å². The average molecular weight is 402 g/mol. The number of halogens is 1. The van der Waals surface area contributed by atoms with Crippen LogP contribution in [0, 0.1) is 0 Å². The van der Waals surface area contributed by atoms with Crippen molar-refractivity contribution in [3.05, 3.63) is 81.6 Å². The molecule has 4 aromatic rings. The van der Waals surface area contributed by atoms with Gasteiger partial charge < -0.3 is 15.5 Å². The number of nitrogens with one attached hydrogen (secondary N) is 1. The topological polar surface area (TPSA) is 63.9 Å². The van der Waals surface area contributed by atoms with Crippen molar-refractivity contribution >= 4 is 28.2 Å². The zero-order chi connectivity index (χ0) is 19.5. The van der Waals surface area contributed by atoms with E-state index in [0.29, 0.717) is 5.88 Å². The number of aryl methyl sites for hydroxylation is 1. The molecule has 0 saturated carbocycles. The Morgan fingerprint density at radius 3 is 2.69 bits per heavy atom. The summed E-state index contributed by atoms with van der Waals surface area (Å²) in [6.45, 7) is 0. The molecule has 0 saturated heterocycles. The molecular formula is C24H20ClN3O. The van der Waals surface area contributed by atoms with Crippen LogP contribution in [0.3, 0.4) is 0 Å². The van der Waals surface area contributed by atoms with Crippen LogP contribution in [-0.2, 0) is 12.8 Å². The number of anilines is 1. The molecule has 0 bridgehead atoms. The summed E-state index contributed by atoms with van der Waals surface area (Å²) in [6.07, 6.45) is 4.25. The van der Waals surface area contributed by atoms with Gasteiger partial charge in [-0.15, -0.1) is 0 Å². The minimum Gasteiger partial charge on any atom is -0.436 e. The molecule has 2 aromatic heterocycles. The van der Waals surface area contributed by atoms with Crippen LogP contribution in [0.2, 0.25) is 5.02 Å². The van der Waals surface area contributed by atoms with Crippen LogP contribution in [-0.4, -0.2) is 9.97 Å². The average Bonchev–Trinajstić information content (AvgIpc) is 3.11. The third kappa shape index (κ3) is 2.49. The Balaban J connectivity index is 1.66. The van der Waals surface area contributed by atoms with E-state index in [2.05, 4.69) is 29.2 Å². The number of hydrogen-bond donors (Lipinski definition) is 2. The molecular weight excluding hydrogens is 382 g/mol. The van der Waals surface area contributed by atoms with Crippen LogP contribution in [0.5, 0.6) is 11.6 Å². The van der Waals surface area contributed by atoms with Crippen molar-refractivity contribution < 1.29 is 4.74 Å². The van der Waals surface area contributed by atoms with Gasteiger partial charge in [0.05, 0.1) is 17.2 Å². The number of hydrogen-bond acceptors (Lipinski definition) is 3. The molecule has 5 heteroatoms. The molecule has 2 aromatic carbocycles. The zero-order valence-corrected chi connectivity index (χ0v) is 16.6. The van der Waals surface area contributed by atoms with Crippen molar-refractivity contribution in [3.8, 4) is 11.6 Å². The first-order chi connectivity index (χ1) is 14.2. The summed E-state index contributed by atoms with van der Waals surface area (Å²) in [5.41, 5.74) is 14.0.